The van der Waals surface area contributed by atoms with E-state index < -0.39 is 38.3 Å². The molecule has 0 fully saturated rings. The summed E-state index contributed by atoms with van der Waals surface area (Å²) >= 11 is 0. The van der Waals surface area contributed by atoms with Crippen LogP contribution in [0.5, 0.6) is 0 Å². The smallest absolute Gasteiger partial charge is 0.270 e. The summed E-state index contributed by atoms with van der Waals surface area (Å²) in [5.41, 5.74) is 0. The molecule has 7 heteroatoms. The predicted molar refractivity (Wildman–Crippen MR) is 34.7 cm³/mol. The van der Waals surface area contributed by atoms with E-state index in [2.05, 4.69) is 0 Å². The zero-order valence-electron chi connectivity index (χ0n) is 6.49. The van der Waals surface area contributed by atoms with Crippen LogP contribution >= 0.6 is 0 Å². The highest BCUT2D eigenvalue weighted by Crippen LogP contribution is 2.06. The fourth-order valence-corrected chi connectivity index (χ4v) is 0.537. The Bertz CT molecular complexity index is 116. The van der Waals surface area contributed by atoms with Gasteiger partial charge in [-0.25, -0.2) is 26.3 Å². The van der Waals surface area contributed by atoms with Crippen molar-refractivity contribution in [3.05, 3.63) is 0 Å². The van der Waals surface area contributed by atoms with Crippen LogP contribution in [0.4, 0.5) is 26.3 Å². The van der Waals surface area contributed by atoms with E-state index in [4.69, 9.17) is 0 Å². The largest absolute Gasteiger partial charge is 0.311 e. The van der Waals surface area contributed by atoms with Crippen molar-refractivity contribution in [3.8, 4) is 0 Å². The molecule has 0 bridgehead atoms. The van der Waals surface area contributed by atoms with Crippen LogP contribution in [0.1, 0.15) is 0 Å². The maximum absolute atomic E-state index is 12.1. The maximum atomic E-state index is 12.1. The Morgan fingerprint density at radius 2 is 1.00 bits per heavy atom. The highest BCUT2D eigenvalue weighted by Gasteiger charge is 2.22. The average molecular weight is 209 g/mol. The van der Waals surface area contributed by atoms with Crippen molar-refractivity contribution in [2.75, 3.05) is 13.1 Å². The number of alkyl halides is 6. The van der Waals surface area contributed by atoms with Crippen molar-refractivity contribution in [1.82, 2.24) is 5.32 Å². The molecular weight excluding hydrogens is 200 g/mol. The Morgan fingerprint density at radius 3 is 1.23 bits per heavy atom. The Hall–Kier alpha value is -0.460. The van der Waals surface area contributed by atoms with Gasteiger partial charge in [0.1, 0.15) is 0 Å². The summed E-state index contributed by atoms with van der Waals surface area (Å²) in [6.07, 6.45) is -11.3. The molecule has 0 aliphatic heterocycles. The van der Waals surface area contributed by atoms with Crippen molar-refractivity contribution in [1.29, 1.82) is 0 Å². The quantitative estimate of drug-likeness (QED) is 0.657. The SMILES string of the molecule is FC(F)C(F)CNCC(F)C(F)F. The normalized spacial score (nSPS) is 16.6. The van der Waals surface area contributed by atoms with E-state index in [-0.39, 0.29) is 0 Å². The van der Waals surface area contributed by atoms with Gasteiger partial charge in [0.15, 0.2) is 12.3 Å². The van der Waals surface area contributed by atoms with Gasteiger partial charge in [-0.15, -0.1) is 0 Å². The van der Waals surface area contributed by atoms with Gasteiger partial charge in [-0.05, 0) is 0 Å². The molecule has 0 aliphatic rings. The highest BCUT2D eigenvalue weighted by atomic mass is 19.3. The number of hydrogen-bond acceptors (Lipinski definition) is 1. The number of nitrogens with one attached hydrogen (secondary N) is 1. The van der Waals surface area contributed by atoms with Crippen molar-refractivity contribution >= 4 is 0 Å². The molecule has 0 amide bonds. The van der Waals surface area contributed by atoms with Crippen molar-refractivity contribution in [2.24, 2.45) is 0 Å². The monoisotopic (exact) mass is 209 g/mol. The third-order valence-corrected chi connectivity index (χ3v) is 1.23. The molecule has 1 N–H and O–H groups in total. The molecule has 0 radical (unpaired) electrons. The zero-order valence-corrected chi connectivity index (χ0v) is 6.49. The second-order valence-electron chi connectivity index (χ2n) is 2.36. The fourth-order valence-electron chi connectivity index (χ4n) is 0.537. The van der Waals surface area contributed by atoms with Crippen molar-refractivity contribution in [3.63, 3.8) is 0 Å². The van der Waals surface area contributed by atoms with Gasteiger partial charge in [0.05, 0.1) is 0 Å². The van der Waals surface area contributed by atoms with Crippen LogP contribution in [0, 0.1) is 0 Å². The molecule has 2 unspecified atom stereocenters. The summed E-state index contributed by atoms with van der Waals surface area (Å²) < 4.78 is 69.9. The van der Waals surface area contributed by atoms with E-state index in [1.165, 1.54) is 0 Å². The van der Waals surface area contributed by atoms with Crippen LogP contribution < -0.4 is 5.32 Å². The molecule has 0 aromatic carbocycles. The minimum atomic E-state index is -3.18. The summed E-state index contributed by atoms with van der Waals surface area (Å²) in [5, 5.41) is 1.84. The number of rotatable bonds is 6. The fraction of sp³-hybridized carbons (Fsp3) is 1.00. The zero-order chi connectivity index (χ0) is 10.4. The lowest BCUT2D eigenvalue weighted by Crippen LogP contribution is -2.35. The van der Waals surface area contributed by atoms with Gasteiger partial charge < -0.3 is 5.32 Å². The second kappa shape index (κ2) is 6.06. The molecule has 0 aliphatic carbocycles. The van der Waals surface area contributed by atoms with Crippen LogP contribution in [0.25, 0.3) is 0 Å². The van der Waals surface area contributed by atoms with Gasteiger partial charge in [-0.3, -0.25) is 0 Å². The minimum Gasteiger partial charge on any atom is -0.311 e. The molecule has 0 spiro atoms. The van der Waals surface area contributed by atoms with Gasteiger partial charge in [-0.1, -0.05) is 0 Å². The molecule has 0 aromatic heterocycles. The van der Waals surface area contributed by atoms with Crippen LogP contribution in [-0.2, 0) is 0 Å². The van der Waals surface area contributed by atoms with Crippen LogP contribution in [-0.4, -0.2) is 38.3 Å². The maximum Gasteiger partial charge on any atom is 0.270 e. The topological polar surface area (TPSA) is 12.0 Å². The number of halogens is 6. The lowest BCUT2D eigenvalue weighted by Gasteiger charge is -2.10. The summed E-state index contributed by atoms with van der Waals surface area (Å²) in [6.45, 7) is -1.66. The van der Waals surface area contributed by atoms with E-state index >= 15 is 0 Å². The standard InChI is InChI=1S/C6H9F6N/c7-3(5(9)10)1-13-2-4(8)6(11)12/h3-6,13H,1-2H2. The van der Waals surface area contributed by atoms with E-state index in [0.29, 0.717) is 0 Å². The molecule has 2 atom stereocenters. The molecule has 1 nitrogen and oxygen atoms in total. The lowest BCUT2D eigenvalue weighted by atomic mass is 10.3. The van der Waals surface area contributed by atoms with E-state index in [9.17, 15) is 26.3 Å². The Kier molecular flexibility index (Phi) is 5.85. The first-order valence-electron chi connectivity index (χ1n) is 3.50. The Balaban J connectivity index is 3.45. The summed E-state index contributed by atoms with van der Waals surface area (Å²) in [4.78, 5) is 0. The Morgan fingerprint density at radius 1 is 0.692 bits per heavy atom. The highest BCUT2D eigenvalue weighted by molar-refractivity contribution is 4.66. The third-order valence-electron chi connectivity index (χ3n) is 1.23. The van der Waals surface area contributed by atoms with E-state index in [0.717, 1.165) is 0 Å². The van der Waals surface area contributed by atoms with Gasteiger partial charge in [0.25, 0.3) is 12.9 Å². The lowest BCUT2D eigenvalue weighted by molar-refractivity contribution is 0.0362. The van der Waals surface area contributed by atoms with Gasteiger partial charge >= 0.3 is 0 Å². The van der Waals surface area contributed by atoms with Crippen LogP contribution in [0.2, 0.25) is 0 Å². The van der Waals surface area contributed by atoms with Gasteiger partial charge in [0, 0.05) is 13.1 Å². The van der Waals surface area contributed by atoms with Gasteiger partial charge in [-0.2, -0.15) is 0 Å². The molecule has 0 rings (SSSR count). The average Bonchev–Trinajstić information content (AvgIpc) is 2.03. The third kappa shape index (κ3) is 5.73. The molecule has 0 saturated heterocycles. The predicted octanol–water partition coefficient (Wildman–Crippen LogP) is 1.78. The first-order chi connectivity index (χ1) is 5.95. The summed E-state index contributed by atoms with van der Waals surface area (Å²) in [5.74, 6) is 0. The molecule has 0 saturated carbocycles. The second-order valence-corrected chi connectivity index (χ2v) is 2.36. The molecule has 0 heterocycles. The Labute approximate surface area is 71.1 Å². The van der Waals surface area contributed by atoms with Gasteiger partial charge in [0.2, 0.25) is 0 Å². The first-order valence-corrected chi connectivity index (χ1v) is 3.50. The molecule has 0 aromatic rings. The van der Waals surface area contributed by atoms with E-state index in [1.54, 1.807) is 0 Å². The van der Waals surface area contributed by atoms with E-state index in [1.807, 2.05) is 5.32 Å². The molecule has 80 valence electrons. The first kappa shape index (κ1) is 12.5. The molecular formula is C6H9F6N. The number of hydrogen-bond donors (Lipinski definition) is 1. The van der Waals surface area contributed by atoms with Crippen molar-refractivity contribution < 1.29 is 26.3 Å². The van der Waals surface area contributed by atoms with Crippen molar-refractivity contribution in [2.45, 2.75) is 25.2 Å². The van der Waals surface area contributed by atoms with Crippen LogP contribution in [0.3, 0.4) is 0 Å². The molecule has 13 heavy (non-hydrogen) atoms. The minimum absolute atomic E-state index is 0.829. The summed E-state index contributed by atoms with van der Waals surface area (Å²) in [7, 11) is 0. The van der Waals surface area contributed by atoms with Crippen LogP contribution in [0.15, 0.2) is 0 Å². The summed E-state index contributed by atoms with van der Waals surface area (Å²) in [6, 6.07) is 0.